The molecule has 5 heteroatoms. The van der Waals surface area contributed by atoms with E-state index in [2.05, 4.69) is 9.97 Å². The van der Waals surface area contributed by atoms with Crippen LogP contribution >= 0.6 is 11.3 Å². The highest BCUT2D eigenvalue weighted by Crippen LogP contribution is 2.24. The smallest absolute Gasteiger partial charge is 0.152 e. The fraction of sp³-hybridized carbons (Fsp3) is 0. The molecule has 2 aromatic heterocycles. The highest BCUT2D eigenvalue weighted by atomic mass is 32.1. The van der Waals surface area contributed by atoms with Crippen LogP contribution in [0.25, 0.3) is 11.3 Å². The van der Waals surface area contributed by atoms with E-state index in [0.717, 1.165) is 5.56 Å². The molecule has 4 nitrogen and oxygen atoms in total. The highest BCUT2D eigenvalue weighted by Gasteiger charge is 2.05. The Bertz CT molecular complexity index is 410. The van der Waals surface area contributed by atoms with E-state index in [0.29, 0.717) is 17.3 Å². The lowest BCUT2D eigenvalue weighted by Gasteiger charge is -2.01. The van der Waals surface area contributed by atoms with Gasteiger partial charge in [0.25, 0.3) is 0 Å². The monoisotopic (exact) mass is 192 g/mol. The summed E-state index contributed by atoms with van der Waals surface area (Å²) in [5.74, 6) is 0.717. The van der Waals surface area contributed by atoms with Gasteiger partial charge in [-0.15, -0.1) is 0 Å². The topological polar surface area (TPSA) is 77.8 Å². The summed E-state index contributed by atoms with van der Waals surface area (Å²) in [6.07, 6.45) is 1.50. The molecule has 2 aromatic rings. The van der Waals surface area contributed by atoms with Crippen molar-refractivity contribution in [2.24, 2.45) is 0 Å². The van der Waals surface area contributed by atoms with Crippen molar-refractivity contribution in [1.29, 1.82) is 0 Å². The average molecular weight is 192 g/mol. The van der Waals surface area contributed by atoms with Crippen LogP contribution in [0.1, 0.15) is 0 Å². The molecule has 13 heavy (non-hydrogen) atoms. The maximum atomic E-state index is 5.66. The van der Waals surface area contributed by atoms with Crippen LogP contribution in [0.3, 0.4) is 0 Å². The van der Waals surface area contributed by atoms with Crippen LogP contribution in [0.4, 0.5) is 11.6 Å². The van der Waals surface area contributed by atoms with Gasteiger partial charge in [0, 0.05) is 10.9 Å². The zero-order chi connectivity index (χ0) is 9.26. The van der Waals surface area contributed by atoms with Crippen molar-refractivity contribution < 1.29 is 0 Å². The van der Waals surface area contributed by atoms with Gasteiger partial charge in [-0.3, -0.25) is 0 Å². The van der Waals surface area contributed by atoms with Crippen molar-refractivity contribution in [3.63, 3.8) is 0 Å². The molecule has 2 rings (SSSR count). The van der Waals surface area contributed by atoms with Crippen molar-refractivity contribution in [2.75, 3.05) is 11.5 Å². The molecule has 66 valence electrons. The summed E-state index contributed by atoms with van der Waals surface area (Å²) in [4.78, 5) is 8.04. The lowest BCUT2D eigenvalue weighted by Crippen LogP contribution is -2.00. The van der Waals surface area contributed by atoms with E-state index in [1.807, 2.05) is 16.8 Å². The third-order valence-corrected chi connectivity index (χ3v) is 2.30. The number of hydrogen-bond donors (Lipinski definition) is 2. The Hall–Kier alpha value is -1.62. The van der Waals surface area contributed by atoms with Crippen LogP contribution in [-0.2, 0) is 0 Å². The second-order valence-electron chi connectivity index (χ2n) is 2.54. The molecule has 0 bridgehead atoms. The van der Waals surface area contributed by atoms with Gasteiger partial charge >= 0.3 is 0 Å². The molecule has 0 spiro atoms. The Morgan fingerprint density at radius 2 is 2.15 bits per heavy atom. The van der Waals surface area contributed by atoms with Gasteiger partial charge in [-0.1, -0.05) is 0 Å². The molecule has 0 aliphatic carbocycles. The predicted molar refractivity (Wildman–Crippen MR) is 54.2 cm³/mol. The van der Waals surface area contributed by atoms with Crippen LogP contribution in [0.15, 0.2) is 23.0 Å². The normalized spacial score (nSPS) is 10.2. The number of rotatable bonds is 1. The van der Waals surface area contributed by atoms with Crippen molar-refractivity contribution in [3.05, 3.63) is 23.0 Å². The number of anilines is 2. The van der Waals surface area contributed by atoms with E-state index in [4.69, 9.17) is 11.5 Å². The molecule has 0 fully saturated rings. The number of hydrogen-bond acceptors (Lipinski definition) is 5. The Kier molecular flexibility index (Phi) is 1.86. The van der Waals surface area contributed by atoms with Crippen molar-refractivity contribution in [1.82, 2.24) is 9.97 Å². The quantitative estimate of drug-likeness (QED) is 0.715. The minimum absolute atomic E-state index is 0.344. The van der Waals surface area contributed by atoms with Gasteiger partial charge in [0.15, 0.2) is 5.82 Å². The van der Waals surface area contributed by atoms with Gasteiger partial charge < -0.3 is 11.5 Å². The zero-order valence-electron chi connectivity index (χ0n) is 6.77. The summed E-state index contributed by atoms with van der Waals surface area (Å²) in [5, 5.41) is 3.93. The molecular formula is C8H8N4S. The first kappa shape index (κ1) is 8.00. The molecule has 0 saturated heterocycles. The zero-order valence-corrected chi connectivity index (χ0v) is 7.58. The Labute approximate surface area is 79.2 Å². The third kappa shape index (κ3) is 1.46. The molecule has 0 unspecified atom stereocenters. The number of nitrogen functional groups attached to an aromatic ring is 2. The maximum absolute atomic E-state index is 5.66. The molecule has 0 atom stereocenters. The lowest BCUT2D eigenvalue weighted by molar-refractivity contribution is 1.23. The Balaban J connectivity index is 2.53. The first-order valence-corrected chi connectivity index (χ1v) is 4.62. The van der Waals surface area contributed by atoms with Crippen molar-refractivity contribution in [2.45, 2.75) is 0 Å². The Morgan fingerprint density at radius 1 is 1.31 bits per heavy atom. The molecular weight excluding hydrogens is 184 g/mol. The second-order valence-corrected chi connectivity index (χ2v) is 3.32. The summed E-state index contributed by atoms with van der Waals surface area (Å²) in [5.41, 5.74) is 12.8. The van der Waals surface area contributed by atoms with Gasteiger partial charge in [-0.25, -0.2) is 9.97 Å². The summed E-state index contributed by atoms with van der Waals surface area (Å²) in [6, 6.07) is 1.95. The molecule has 4 N–H and O–H groups in total. The number of aromatic nitrogens is 2. The standard InChI is InChI=1S/C8H8N4S/c9-6-3-11-7(8(10)12-6)5-1-2-13-4-5/h1-4H,(H4,9,10,12). The molecule has 2 heterocycles. The van der Waals surface area contributed by atoms with Crippen LogP contribution in [0.2, 0.25) is 0 Å². The Morgan fingerprint density at radius 3 is 2.77 bits per heavy atom. The number of nitrogens with zero attached hydrogens (tertiary/aromatic N) is 2. The van der Waals surface area contributed by atoms with Gasteiger partial charge in [0.2, 0.25) is 0 Å². The molecule has 0 aliphatic heterocycles. The van der Waals surface area contributed by atoms with Gasteiger partial charge in [0.1, 0.15) is 11.5 Å². The van der Waals surface area contributed by atoms with E-state index in [1.54, 1.807) is 11.3 Å². The second kappa shape index (κ2) is 3.02. The summed E-state index contributed by atoms with van der Waals surface area (Å²) in [6.45, 7) is 0. The fourth-order valence-electron chi connectivity index (χ4n) is 1.04. The van der Waals surface area contributed by atoms with Crippen molar-refractivity contribution in [3.8, 4) is 11.3 Å². The number of nitrogens with two attached hydrogens (primary N) is 2. The van der Waals surface area contributed by atoms with Crippen molar-refractivity contribution >= 4 is 23.0 Å². The minimum atomic E-state index is 0.344. The molecule has 0 amide bonds. The third-order valence-electron chi connectivity index (χ3n) is 1.61. The number of thiophene rings is 1. The molecule has 0 aliphatic rings. The lowest BCUT2D eigenvalue weighted by atomic mass is 10.2. The van der Waals surface area contributed by atoms with Gasteiger partial charge in [-0.2, -0.15) is 11.3 Å². The van der Waals surface area contributed by atoms with E-state index in [-0.39, 0.29) is 0 Å². The molecule has 0 saturated carbocycles. The van der Waals surface area contributed by atoms with Crippen LogP contribution in [-0.4, -0.2) is 9.97 Å². The van der Waals surface area contributed by atoms with Gasteiger partial charge in [0.05, 0.1) is 6.20 Å². The van der Waals surface area contributed by atoms with Gasteiger partial charge in [-0.05, 0) is 11.4 Å². The summed E-state index contributed by atoms with van der Waals surface area (Å²) < 4.78 is 0. The van der Waals surface area contributed by atoms with Crippen LogP contribution < -0.4 is 11.5 Å². The predicted octanol–water partition coefficient (Wildman–Crippen LogP) is 1.37. The summed E-state index contributed by atoms with van der Waals surface area (Å²) in [7, 11) is 0. The first-order chi connectivity index (χ1) is 6.27. The average Bonchev–Trinajstić information content (AvgIpc) is 2.56. The van der Waals surface area contributed by atoms with E-state index in [1.165, 1.54) is 6.20 Å². The maximum Gasteiger partial charge on any atom is 0.152 e. The molecule has 0 radical (unpaired) electrons. The van der Waals surface area contributed by atoms with Crippen LogP contribution in [0.5, 0.6) is 0 Å². The van der Waals surface area contributed by atoms with E-state index >= 15 is 0 Å². The SMILES string of the molecule is Nc1cnc(-c2ccsc2)c(N)n1. The summed E-state index contributed by atoms with van der Waals surface area (Å²) >= 11 is 1.59. The largest absolute Gasteiger partial charge is 0.382 e. The highest BCUT2D eigenvalue weighted by molar-refractivity contribution is 7.08. The fourth-order valence-corrected chi connectivity index (χ4v) is 1.68. The molecule has 0 aromatic carbocycles. The van der Waals surface area contributed by atoms with E-state index < -0.39 is 0 Å². The first-order valence-electron chi connectivity index (χ1n) is 3.68. The van der Waals surface area contributed by atoms with E-state index in [9.17, 15) is 0 Å². The minimum Gasteiger partial charge on any atom is -0.382 e. The van der Waals surface area contributed by atoms with Crippen LogP contribution in [0, 0.1) is 0 Å².